The number of hydrogen-bond acceptors (Lipinski definition) is 4. The molecule has 4 heteroatoms. The molecule has 0 aliphatic carbocycles. The van der Waals surface area contributed by atoms with E-state index in [1.807, 2.05) is 27.7 Å². The van der Waals surface area contributed by atoms with Crippen LogP contribution in [-0.4, -0.2) is 16.5 Å². The fourth-order valence-electron chi connectivity index (χ4n) is 1.85. The van der Waals surface area contributed by atoms with Crippen LogP contribution in [0.3, 0.4) is 0 Å². The van der Waals surface area contributed by atoms with Crippen LogP contribution in [0.1, 0.15) is 39.9 Å². The lowest BCUT2D eigenvalue weighted by molar-refractivity contribution is -0.115. The van der Waals surface area contributed by atoms with Crippen LogP contribution in [0.2, 0.25) is 0 Å². The van der Waals surface area contributed by atoms with Crippen LogP contribution in [0, 0.1) is 5.41 Å². The third kappa shape index (κ3) is 2.81. The molecule has 0 aromatic carbocycles. The van der Waals surface area contributed by atoms with Gasteiger partial charge in [-0.2, -0.15) is 0 Å². The summed E-state index contributed by atoms with van der Waals surface area (Å²) in [6.07, 6.45) is 1.57. The van der Waals surface area contributed by atoms with Crippen molar-refractivity contribution in [2.24, 2.45) is 5.41 Å². The zero-order chi connectivity index (χ0) is 11.7. The number of aromatic nitrogens is 1. The third-order valence-electron chi connectivity index (χ3n) is 2.38. The summed E-state index contributed by atoms with van der Waals surface area (Å²) in [7, 11) is 0. The van der Waals surface area contributed by atoms with Crippen LogP contribution >= 0.6 is 0 Å². The Hall–Kier alpha value is -1.32. The van der Waals surface area contributed by atoms with E-state index in [4.69, 9.17) is 9.63 Å². The van der Waals surface area contributed by atoms with Gasteiger partial charge in [0.2, 0.25) is 0 Å². The summed E-state index contributed by atoms with van der Waals surface area (Å²) >= 11 is 0. The van der Waals surface area contributed by atoms with E-state index in [0.717, 1.165) is 6.29 Å². The molecule has 84 valence electrons. The number of rotatable bonds is 4. The zero-order valence-electron chi connectivity index (χ0n) is 9.57. The Morgan fingerprint density at radius 3 is 2.47 bits per heavy atom. The fourth-order valence-corrected chi connectivity index (χ4v) is 1.85. The lowest BCUT2D eigenvalue weighted by atomic mass is 9.74. The van der Waals surface area contributed by atoms with Gasteiger partial charge in [0.05, 0.1) is 0 Å². The molecule has 0 aliphatic rings. The number of carbonyl (C=O) groups is 1. The molecule has 1 heterocycles. The lowest BCUT2D eigenvalue weighted by Gasteiger charge is -2.28. The number of hydrogen-bond donors (Lipinski definition) is 1. The van der Waals surface area contributed by atoms with Gasteiger partial charge in [-0.25, -0.2) is 0 Å². The van der Waals surface area contributed by atoms with Crippen molar-refractivity contribution in [2.75, 3.05) is 0 Å². The van der Waals surface area contributed by atoms with Gasteiger partial charge >= 0.3 is 0 Å². The number of nitrogens with zero attached hydrogens (tertiary/aromatic N) is 1. The molecule has 0 aliphatic heterocycles. The van der Waals surface area contributed by atoms with Crippen molar-refractivity contribution < 1.29 is 14.4 Å². The molecule has 0 unspecified atom stereocenters. The number of aromatic hydroxyl groups is 1. The van der Waals surface area contributed by atoms with E-state index < -0.39 is 5.41 Å². The van der Waals surface area contributed by atoms with Crippen LogP contribution in [0.4, 0.5) is 0 Å². The highest BCUT2D eigenvalue weighted by Crippen LogP contribution is 2.36. The first-order chi connectivity index (χ1) is 6.77. The van der Waals surface area contributed by atoms with Crippen LogP contribution in [-0.2, 0) is 10.2 Å². The highest BCUT2D eigenvalue weighted by Gasteiger charge is 2.33. The smallest absolute Gasteiger partial charge is 0.251 e. The van der Waals surface area contributed by atoms with Crippen molar-refractivity contribution in [3.63, 3.8) is 0 Å². The van der Waals surface area contributed by atoms with Gasteiger partial charge in [-0.3, -0.25) is 0 Å². The summed E-state index contributed by atoms with van der Waals surface area (Å²) in [6.45, 7) is 7.66. The maximum Gasteiger partial charge on any atom is 0.251 e. The molecule has 0 saturated carbocycles. The van der Waals surface area contributed by atoms with Crippen molar-refractivity contribution in [2.45, 2.75) is 39.5 Å². The zero-order valence-corrected chi connectivity index (χ0v) is 9.57. The van der Waals surface area contributed by atoms with E-state index >= 15 is 0 Å². The van der Waals surface area contributed by atoms with Gasteiger partial charge in [0.15, 0.2) is 0 Å². The fraction of sp³-hybridized carbons (Fsp3) is 0.636. The SMILES string of the molecule is CC(C)(C=O)CC(C)(C)c1cc(O)no1. The minimum absolute atomic E-state index is 0.123. The minimum Gasteiger partial charge on any atom is -0.491 e. The summed E-state index contributed by atoms with van der Waals surface area (Å²) in [5.41, 5.74) is -0.732. The second-order valence-corrected chi connectivity index (χ2v) is 5.22. The van der Waals surface area contributed by atoms with E-state index in [0.29, 0.717) is 12.2 Å². The van der Waals surface area contributed by atoms with Gasteiger partial charge in [-0.1, -0.05) is 27.7 Å². The maximum absolute atomic E-state index is 10.8. The molecule has 1 rings (SSSR count). The molecule has 0 bridgehead atoms. The van der Waals surface area contributed by atoms with E-state index in [1.54, 1.807) is 0 Å². The van der Waals surface area contributed by atoms with Gasteiger partial charge in [0, 0.05) is 16.9 Å². The molecule has 0 atom stereocenters. The normalized spacial score (nSPS) is 12.8. The lowest BCUT2D eigenvalue weighted by Crippen LogP contribution is -2.27. The molecule has 0 saturated heterocycles. The van der Waals surface area contributed by atoms with Crippen LogP contribution < -0.4 is 0 Å². The van der Waals surface area contributed by atoms with E-state index in [2.05, 4.69) is 5.16 Å². The predicted octanol–water partition coefficient (Wildman–Crippen LogP) is 2.27. The molecule has 4 nitrogen and oxygen atoms in total. The third-order valence-corrected chi connectivity index (χ3v) is 2.38. The molecule has 1 aromatic rings. The van der Waals surface area contributed by atoms with Gasteiger partial charge in [0.1, 0.15) is 12.0 Å². The van der Waals surface area contributed by atoms with E-state index in [9.17, 15) is 4.79 Å². The summed E-state index contributed by atoms with van der Waals surface area (Å²) in [4.78, 5) is 10.8. The Morgan fingerprint density at radius 2 is 2.07 bits per heavy atom. The van der Waals surface area contributed by atoms with Crippen molar-refractivity contribution in [1.82, 2.24) is 5.16 Å². The maximum atomic E-state index is 10.8. The Bertz CT molecular complexity index is 352. The average Bonchev–Trinajstić information content (AvgIpc) is 2.51. The first-order valence-corrected chi connectivity index (χ1v) is 4.89. The minimum atomic E-state index is -0.411. The molecule has 0 spiro atoms. The largest absolute Gasteiger partial charge is 0.491 e. The summed E-state index contributed by atoms with van der Waals surface area (Å²) in [5.74, 6) is 0.469. The van der Waals surface area contributed by atoms with E-state index in [-0.39, 0.29) is 11.3 Å². The molecule has 0 amide bonds. The first kappa shape index (κ1) is 11.8. The van der Waals surface area contributed by atoms with Gasteiger partial charge in [0.25, 0.3) is 5.88 Å². The van der Waals surface area contributed by atoms with Crippen LogP contribution in [0.25, 0.3) is 0 Å². The monoisotopic (exact) mass is 211 g/mol. The molecule has 0 fully saturated rings. The molecule has 0 radical (unpaired) electrons. The quantitative estimate of drug-likeness (QED) is 0.776. The molecular weight excluding hydrogens is 194 g/mol. The Labute approximate surface area is 89.3 Å². The summed E-state index contributed by atoms with van der Waals surface area (Å²) in [6, 6.07) is 1.49. The Morgan fingerprint density at radius 1 is 1.47 bits per heavy atom. The number of aldehydes is 1. The Kier molecular flexibility index (Phi) is 2.88. The highest BCUT2D eigenvalue weighted by molar-refractivity contribution is 5.58. The average molecular weight is 211 g/mol. The molecule has 1 N–H and O–H groups in total. The molecule has 1 aromatic heterocycles. The second kappa shape index (κ2) is 3.68. The van der Waals surface area contributed by atoms with Gasteiger partial charge < -0.3 is 14.4 Å². The highest BCUT2D eigenvalue weighted by atomic mass is 16.5. The molecule has 15 heavy (non-hydrogen) atoms. The van der Waals surface area contributed by atoms with Crippen molar-refractivity contribution in [1.29, 1.82) is 0 Å². The second-order valence-electron chi connectivity index (χ2n) is 5.22. The topological polar surface area (TPSA) is 63.3 Å². The summed E-state index contributed by atoms with van der Waals surface area (Å²) < 4.78 is 5.00. The predicted molar refractivity (Wildman–Crippen MR) is 55.7 cm³/mol. The molecular formula is C11H17NO3. The number of carbonyl (C=O) groups excluding carboxylic acids is 1. The Balaban J connectivity index is 2.88. The van der Waals surface area contributed by atoms with Gasteiger partial charge in [-0.15, -0.1) is 0 Å². The summed E-state index contributed by atoms with van der Waals surface area (Å²) in [5, 5.41) is 12.5. The van der Waals surface area contributed by atoms with Crippen LogP contribution in [0.15, 0.2) is 10.6 Å². The standard InChI is InChI=1S/C11H17NO3/c1-10(2,7-13)6-11(3,4)8-5-9(14)12-15-8/h5,7H,6H2,1-4H3,(H,12,14). The van der Waals surface area contributed by atoms with E-state index in [1.165, 1.54) is 6.07 Å². The first-order valence-electron chi connectivity index (χ1n) is 4.89. The van der Waals surface area contributed by atoms with Crippen molar-refractivity contribution in [3.8, 4) is 5.88 Å². The van der Waals surface area contributed by atoms with Gasteiger partial charge in [-0.05, 0) is 11.6 Å². The van der Waals surface area contributed by atoms with Crippen LogP contribution in [0.5, 0.6) is 5.88 Å². The van der Waals surface area contributed by atoms with Crippen molar-refractivity contribution >= 4 is 6.29 Å². The van der Waals surface area contributed by atoms with Crippen molar-refractivity contribution in [3.05, 3.63) is 11.8 Å².